The molecule has 2 aromatic heterocycles. The molecule has 2 fully saturated rings. The van der Waals surface area contributed by atoms with Crippen LogP contribution in [0.2, 0.25) is 0 Å². The second-order valence-electron chi connectivity index (χ2n) is 8.83. The highest BCUT2D eigenvalue weighted by Gasteiger charge is 2.46. The summed E-state index contributed by atoms with van der Waals surface area (Å²) in [5.41, 5.74) is 5.37. The smallest absolute Gasteiger partial charge is 0.364 e. The fourth-order valence-corrected chi connectivity index (χ4v) is 5.37. The van der Waals surface area contributed by atoms with Gasteiger partial charge < -0.3 is 20.9 Å². The molecule has 1 saturated heterocycles. The summed E-state index contributed by atoms with van der Waals surface area (Å²) < 4.78 is 66.8. The molecule has 17 heteroatoms. The summed E-state index contributed by atoms with van der Waals surface area (Å²) in [7, 11) is -2.48. The lowest BCUT2D eigenvalue weighted by Gasteiger charge is -2.43. The number of hydrogen-bond acceptors (Lipinski definition) is 9. The number of nitrogens with zero attached hydrogens (tertiary/aromatic N) is 6. The number of alkyl halides is 3. The molecule has 0 radical (unpaired) electrons. The van der Waals surface area contributed by atoms with E-state index in [0.29, 0.717) is 4.90 Å². The van der Waals surface area contributed by atoms with Crippen LogP contribution in [0.1, 0.15) is 36.2 Å². The zero-order valence-corrected chi connectivity index (χ0v) is 20.1. The first-order valence-electron chi connectivity index (χ1n) is 11.2. The van der Waals surface area contributed by atoms with Crippen LogP contribution in [0.5, 0.6) is 0 Å². The number of likely N-dealkylation sites (N-methyl/N-ethyl adjacent to an activating group) is 1. The molecule has 0 unspecified atom stereocenters. The van der Waals surface area contributed by atoms with E-state index < -0.39 is 34.1 Å². The fraction of sp³-hybridized carbons (Fsp3) is 0.632. The maximum absolute atomic E-state index is 12.7. The van der Waals surface area contributed by atoms with Crippen LogP contribution in [-0.2, 0) is 14.8 Å². The van der Waals surface area contributed by atoms with E-state index in [4.69, 9.17) is 5.73 Å². The third kappa shape index (κ3) is 5.61. The van der Waals surface area contributed by atoms with Crippen LogP contribution in [0.3, 0.4) is 0 Å². The number of carbonyl (C=O) groups is 2. The highest BCUT2D eigenvalue weighted by molar-refractivity contribution is 7.89. The molecule has 3 heterocycles. The predicted molar refractivity (Wildman–Crippen MR) is 122 cm³/mol. The average molecular weight is 534 g/mol. The molecule has 1 aliphatic carbocycles. The Labute approximate surface area is 204 Å². The van der Waals surface area contributed by atoms with Gasteiger partial charge in [-0.25, -0.2) is 13.1 Å². The van der Waals surface area contributed by atoms with E-state index in [2.05, 4.69) is 25.1 Å². The molecule has 198 valence electrons. The first kappa shape index (κ1) is 25.9. The van der Waals surface area contributed by atoms with Gasteiger partial charge in [-0.15, -0.1) is 0 Å². The van der Waals surface area contributed by atoms with Gasteiger partial charge in [0.25, 0.3) is 5.91 Å². The van der Waals surface area contributed by atoms with E-state index in [0.717, 1.165) is 32.7 Å². The van der Waals surface area contributed by atoms with E-state index in [9.17, 15) is 31.2 Å². The predicted octanol–water partition coefficient (Wildman–Crippen LogP) is -0.294. The topological polar surface area (TPSA) is 168 Å². The first-order valence-corrected chi connectivity index (χ1v) is 12.9. The molecule has 2 amide bonds. The van der Waals surface area contributed by atoms with Crippen molar-refractivity contribution in [2.24, 2.45) is 5.73 Å². The minimum atomic E-state index is -4.97. The van der Waals surface area contributed by atoms with Crippen molar-refractivity contribution in [2.45, 2.75) is 43.9 Å². The number of sulfonamides is 1. The standard InChI is InChI=1S/C19H26F3N9O4S/c1-29(16(33)19(20,21)22)12-9-30(10-12)18-25-14-8-13(15(23)32)27-31(14)17(26-18)24-6-7-36(34,35)28-11-4-2-3-5-11/h8,11-12,28H,2-7,9-10H2,1H3,(H2,23,32)(H,24,25,26). The SMILES string of the molecule is CN(C(=O)C(F)(F)F)C1CN(c2nc(NCCS(=O)(=O)NC3CCCC3)n3nc(C(N)=O)cc3n2)C1. The van der Waals surface area contributed by atoms with E-state index in [1.54, 1.807) is 4.90 Å². The number of halogens is 3. The van der Waals surface area contributed by atoms with Crippen molar-refractivity contribution in [2.75, 3.05) is 42.7 Å². The van der Waals surface area contributed by atoms with Gasteiger partial charge in [0.05, 0.1) is 11.8 Å². The van der Waals surface area contributed by atoms with Gasteiger partial charge in [0.2, 0.25) is 21.9 Å². The van der Waals surface area contributed by atoms with Crippen LogP contribution in [0.15, 0.2) is 6.07 Å². The zero-order chi connectivity index (χ0) is 26.3. The lowest BCUT2D eigenvalue weighted by Crippen LogP contribution is -2.62. The number of rotatable bonds is 9. The number of hydrogen-bond donors (Lipinski definition) is 3. The molecule has 4 rings (SSSR count). The molecule has 2 aliphatic rings. The lowest BCUT2D eigenvalue weighted by atomic mass is 10.1. The Balaban J connectivity index is 1.48. The van der Waals surface area contributed by atoms with Crippen LogP contribution in [-0.4, -0.2) is 95.4 Å². The first-order chi connectivity index (χ1) is 16.8. The van der Waals surface area contributed by atoms with E-state index in [1.165, 1.54) is 10.6 Å². The van der Waals surface area contributed by atoms with Crippen molar-refractivity contribution in [3.05, 3.63) is 11.8 Å². The summed E-state index contributed by atoms with van der Waals surface area (Å²) in [6.07, 6.45) is -1.42. The van der Waals surface area contributed by atoms with E-state index >= 15 is 0 Å². The van der Waals surface area contributed by atoms with E-state index in [1.807, 2.05) is 0 Å². The van der Waals surface area contributed by atoms with Crippen LogP contribution >= 0.6 is 0 Å². The number of aromatic nitrogens is 4. The Morgan fingerprint density at radius 2 is 1.89 bits per heavy atom. The molecule has 13 nitrogen and oxygen atoms in total. The largest absolute Gasteiger partial charge is 0.471 e. The van der Waals surface area contributed by atoms with Crippen LogP contribution < -0.4 is 20.7 Å². The number of amides is 2. The van der Waals surface area contributed by atoms with Crippen molar-refractivity contribution in [1.82, 2.24) is 29.2 Å². The summed E-state index contributed by atoms with van der Waals surface area (Å²) in [6, 6.07) is 0.541. The van der Waals surface area contributed by atoms with Crippen molar-refractivity contribution in [1.29, 1.82) is 0 Å². The summed E-state index contributed by atoms with van der Waals surface area (Å²) >= 11 is 0. The van der Waals surface area contributed by atoms with Crippen LogP contribution in [0.4, 0.5) is 25.1 Å². The Morgan fingerprint density at radius 3 is 2.50 bits per heavy atom. The zero-order valence-electron chi connectivity index (χ0n) is 19.3. The second kappa shape index (κ2) is 9.68. The number of fused-ring (bicyclic) bond motifs is 1. The van der Waals surface area contributed by atoms with Crippen molar-refractivity contribution in [3.8, 4) is 0 Å². The number of anilines is 2. The molecule has 0 aromatic carbocycles. The van der Waals surface area contributed by atoms with Crippen molar-refractivity contribution < 1.29 is 31.2 Å². The van der Waals surface area contributed by atoms with Gasteiger partial charge in [-0.3, -0.25) is 9.59 Å². The quantitative estimate of drug-likeness (QED) is 0.392. The summed E-state index contributed by atoms with van der Waals surface area (Å²) in [4.78, 5) is 33.8. The molecule has 0 bridgehead atoms. The normalized spacial score (nSPS) is 17.4. The third-order valence-corrected chi connectivity index (χ3v) is 7.61. The second-order valence-corrected chi connectivity index (χ2v) is 10.7. The molecule has 36 heavy (non-hydrogen) atoms. The number of nitrogens with two attached hydrogens (primary N) is 1. The molecular weight excluding hydrogens is 507 g/mol. The number of primary amides is 1. The molecule has 1 saturated carbocycles. The van der Waals surface area contributed by atoms with Crippen LogP contribution in [0.25, 0.3) is 5.65 Å². The highest BCUT2D eigenvalue weighted by atomic mass is 32.2. The van der Waals surface area contributed by atoms with Gasteiger partial charge >= 0.3 is 12.1 Å². The molecule has 0 atom stereocenters. The highest BCUT2D eigenvalue weighted by Crippen LogP contribution is 2.26. The maximum Gasteiger partial charge on any atom is 0.471 e. The molecule has 2 aromatic rings. The molecule has 4 N–H and O–H groups in total. The average Bonchev–Trinajstić information content (AvgIpc) is 3.40. The Bertz CT molecular complexity index is 1250. The molecular formula is C19H26F3N9O4S. The Hall–Kier alpha value is -3.21. The lowest BCUT2D eigenvalue weighted by molar-refractivity contribution is -0.186. The van der Waals surface area contributed by atoms with Gasteiger partial charge in [-0.1, -0.05) is 12.8 Å². The Kier molecular flexibility index (Phi) is 6.96. The minimum Gasteiger partial charge on any atom is -0.364 e. The fourth-order valence-electron chi connectivity index (χ4n) is 4.14. The van der Waals surface area contributed by atoms with Gasteiger partial charge in [0.15, 0.2) is 11.3 Å². The number of carbonyl (C=O) groups excluding carboxylic acids is 2. The summed E-state index contributed by atoms with van der Waals surface area (Å²) in [5, 5.41) is 6.92. The maximum atomic E-state index is 12.7. The van der Waals surface area contributed by atoms with Crippen molar-refractivity contribution in [3.63, 3.8) is 0 Å². The van der Waals surface area contributed by atoms with Gasteiger partial charge in [-0.2, -0.15) is 32.8 Å². The Morgan fingerprint density at radius 1 is 1.22 bits per heavy atom. The summed E-state index contributed by atoms with van der Waals surface area (Å²) in [5.74, 6) is -2.82. The third-order valence-electron chi connectivity index (χ3n) is 6.18. The van der Waals surface area contributed by atoms with Crippen LogP contribution in [0, 0.1) is 0 Å². The molecule has 0 spiro atoms. The monoisotopic (exact) mass is 533 g/mol. The molecule has 1 aliphatic heterocycles. The number of nitrogens with one attached hydrogen (secondary N) is 2. The van der Waals surface area contributed by atoms with Crippen molar-refractivity contribution >= 4 is 39.4 Å². The summed E-state index contributed by atoms with van der Waals surface area (Å²) in [6.45, 7) is 0.0552. The van der Waals surface area contributed by atoms with Gasteiger partial charge in [0.1, 0.15) is 0 Å². The van der Waals surface area contributed by atoms with E-state index in [-0.39, 0.29) is 54.7 Å². The minimum absolute atomic E-state index is 0.0369. The van der Waals surface area contributed by atoms with Gasteiger partial charge in [0, 0.05) is 38.8 Å². The van der Waals surface area contributed by atoms with Gasteiger partial charge in [-0.05, 0) is 12.8 Å².